The van der Waals surface area contributed by atoms with E-state index in [1.54, 1.807) is 0 Å². The summed E-state index contributed by atoms with van der Waals surface area (Å²) in [6.07, 6.45) is 4.50. The van der Waals surface area contributed by atoms with E-state index in [0.29, 0.717) is 5.41 Å². The average molecular weight is 236 g/mol. The molecule has 1 fully saturated rings. The zero-order valence-electron chi connectivity index (χ0n) is 11.3. The lowest BCUT2D eigenvalue weighted by Gasteiger charge is -2.37. The zero-order valence-corrected chi connectivity index (χ0v) is 11.3. The van der Waals surface area contributed by atoms with Crippen LogP contribution >= 0.6 is 0 Å². The zero-order chi connectivity index (χ0) is 12.3. The summed E-state index contributed by atoms with van der Waals surface area (Å²) in [5.74, 6) is 1.09. The SMILES string of the molecule is CNCc1coc(CN2CCCC(C)(C)C2)c1. The summed E-state index contributed by atoms with van der Waals surface area (Å²) >= 11 is 0. The van der Waals surface area contributed by atoms with Crippen molar-refractivity contribution >= 4 is 0 Å². The summed E-state index contributed by atoms with van der Waals surface area (Å²) in [7, 11) is 1.96. The maximum absolute atomic E-state index is 5.61. The molecule has 0 unspecified atom stereocenters. The summed E-state index contributed by atoms with van der Waals surface area (Å²) in [4.78, 5) is 2.51. The molecule has 1 aliphatic heterocycles. The maximum Gasteiger partial charge on any atom is 0.118 e. The third-order valence-electron chi connectivity index (χ3n) is 3.45. The van der Waals surface area contributed by atoms with Crippen LogP contribution in [-0.4, -0.2) is 25.0 Å². The number of nitrogens with one attached hydrogen (secondary N) is 1. The van der Waals surface area contributed by atoms with Crippen LogP contribution in [0.15, 0.2) is 16.7 Å². The molecule has 0 aliphatic carbocycles. The van der Waals surface area contributed by atoms with Crippen molar-refractivity contribution in [2.24, 2.45) is 5.41 Å². The third-order valence-corrected chi connectivity index (χ3v) is 3.45. The molecule has 2 rings (SSSR count). The van der Waals surface area contributed by atoms with Gasteiger partial charge in [0.05, 0.1) is 12.8 Å². The van der Waals surface area contributed by atoms with Gasteiger partial charge in [0.15, 0.2) is 0 Å². The van der Waals surface area contributed by atoms with Crippen molar-refractivity contribution in [2.75, 3.05) is 20.1 Å². The minimum absolute atomic E-state index is 0.457. The molecule has 0 radical (unpaired) electrons. The predicted molar refractivity (Wildman–Crippen MR) is 69.8 cm³/mol. The molecular weight excluding hydrogens is 212 g/mol. The van der Waals surface area contributed by atoms with E-state index in [-0.39, 0.29) is 0 Å². The predicted octanol–water partition coefficient (Wildman–Crippen LogP) is 2.62. The largest absolute Gasteiger partial charge is 0.468 e. The lowest BCUT2D eigenvalue weighted by Crippen LogP contribution is -2.39. The van der Waals surface area contributed by atoms with E-state index in [4.69, 9.17) is 4.42 Å². The first-order chi connectivity index (χ1) is 8.09. The van der Waals surface area contributed by atoms with Gasteiger partial charge in [0.2, 0.25) is 0 Å². The Balaban J connectivity index is 1.91. The molecule has 2 heterocycles. The van der Waals surface area contributed by atoms with E-state index in [0.717, 1.165) is 18.8 Å². The summed E-state index contributed by atoms with van der Waals surface area (Å²) in [6.45, 7) is 8.92. The average Bonchev–Trinajstić information content (AvgIpc) is 2.64. The molecule has 0 bridgehead atoms. The Kier molecular flexibility index (Phi) is 3.89. The van der Waals surface area contributed by atoms with Gasteiger partial charge < -0.3 is 9.73 Å². The molecule has 0 spiro atoms. The van der Waals surface area contributed by atoms with Gasteiger partial charge in [-0.25, -0.2) is 0 Å². The number of furan rings is 1. The van der Waals surface area contributed by atoms with E-state index >= 15 is 0 Å². The smallest absolute Gasteiger partial charge is 0.118 e. The Morgan fingerprint density at radius 1 is 1.47 bits per heavy atom. The van der Waals surface area contributed by atoms with E-state index in [1.807, 2.05) is 13.3 Å². The van der Waals surface area contributed by atoms with Gasteiger partial charge in [0.1, 0.15) is 5.76 Å². The van der Waals surface area contributed by atoms with Crippen LogP contribution in [0, 0.1) is 5.41 Å². The Hall–Kier alpha value is -0.800. The highest BCUT2D eigenvalue weighted by Crippen LogP contribution is 2.29. The van der Waals surface area contributed by atoms with Gasteiger partial charge in [0.25, 0.3) is 0 Å². The summed E-state index contributed by atoms with van der Waals surface area (Å²) in [6, 6.07) is 2.16. The Bertz CT molecular complexity index is 357. The molecule has 17 heavy (non-hydrogen) atoms. The van der Waals surface area contributed by atoms with Crippen molar-refractivity contribution in [2.45, 2.75) is 39.8 Å². The summed E-state index contributed by atoms with van der Waals surface area (Å²) in [5.41, 5.74) is 1.69. The molecule has 1 aromatic heterocycles. The second-order valence-corrected chi connectivity index (χ2v) is 5.93. The van der Waals surface area contributed by atoms with Crippen molar-refractivity contribution in [3.8, 4) is 0 Å². The van der Waals surface area contributed by atoms with Crippen LogP contribution in [0.2, 0.25) is 0 Å². The standard InChI is InChI=1S/C14H24N2O/c1-14(2)5-4-6-16(11-14)9-13-7-12(8-15-3)10-17-13/h7,10,15H,4-6,8-9,11H2,1-3H3. The fourth-order valence-electron chi connectivity index (χ4n) is 2.71. The van der Waals surface area contributed by atoms with Crippen LogP contribution in [0.25, 0.3) is 0 Å². The van der Waals surface area contributed by atoms with Gasteiger partial charge in [-0.1, -0.05) is 13.8 Å². The molecule has 0 aromatic carbocycles. The molecule has 3 nitrogen and oxygen atoms in total. The second-order valence-electron chi connectivity index (χ2n) is 5.93. The first kappa shape index (κ1) is 12.7. The Morgan fingerprint density at radius 2 is 2.29 bits per heavy atom. The highest BCUT2D eigenvalue weighted by Gasteiger charge is 2.26. The van der Waals surface area contributed by atoms with Crippen LogP contribution in [0.4, 0.5) is 0 Å². The monoisotopic (exact) mass is 236 g/mol. The minimum Gasteiger partial charge on any atom is -0.468 e. The van der Waals surface area contributed by atoms with E-state index in [1.165, 1.54) is 31.5 Å². The highest BCUT2D eigenvalue weighted by atomic mass is 16.3. The van der Waals surface area contributed by atoms with E-state index in [9.17, 15) is 0 Å². The van der Waals surface area contributed by atoms with Crippen LogP contribution in [0.5, 0.6) is 0 Å². The topological polar surface area (TPSA) is 28.4 Å². The molecule has 0 saturated carbocycles. The first-order valence-electron chi connectivity index (χ1n) is 6.52. The minimum atomic E-state index is 0.457. The number of piperidine rings is 1. The third kappa shape index (κ3) is 3.58. The van der Waals surface area contributed by atoms with Gasteiger partial charge in [-0.2, -0.15) is 0 Å². The number of rotatable bonds is 4. The Labute approximate surface area is 104 Å². The van der Waals surface area contributed by atoms with Gasteiger partial charge in [-0.15, -0.1) is 0 Å². The fourth-order valence-corrected chi connectivity index (χ4v) is 2.71. The van der Waals surface area contributed by atoms with Gasteiger partial charge in [-0.3, -0.25) is 4.90 Å². The van der Waals surface area contributed by atoms with Gasteiger partial charge in [-0.05, 0) is 37.9 Å². The highest BCUT2D eigenvalue weighted by molar-refractivity contribution is 5.12. The molecule has 3 heteroatoms. The van der Waals surface area contributed by atoms with Crippen LogP contribution < -0.4 is 5.32 Å². The number of hydrogen-bond acceptors (Lipinski definition) is 3. The lowest BCUT2D eigenvalue weighted by molar-refractivity contribution is 0.105. The molecular formula is C14H24N2O. The number of hydrogen-bond donors (Lipinski definition) is 1. The molecule has 96 valence electrons. The lowest BCUT2D eigenvalue weighted by atomic mass is 9.84. The van der Waals surface area contributed by atoms with Gasteiger partial charge in [0, 0.05) is 18.7 Å². The Morgan fingerprint density at radius 3 is 3.00 bits per heavy atom. The molecule has 1 N–H and O–H groups in total. The number of likely N-dealkylation sites (tertiary alicyclic amines) is 1. The van der Waals surface area contributed by atoms with E-state index < -0.39 is 0 Å². The van der Waals surface area contributed by atoms with Crippen LogP contribution in [0.3, 0.4) is 0 Å². The maximum atomic E-state index is 5.61. The van der Waals surface area contributed by atoms with Crippen LogP contribution in [0.1, 0.15) is 38.0 Å². The van der Waals surface area contributed by atoms with E-state index in [2.05, 4.69) is 30.1 Å². The van der Waals surface area contributed by atoms with Crippen molar-refractivity contribution in [3.63, 3.8) is 0 Å². The van der Waals surface area contributed by atoms with Crippen molar-refractivity contribution in [1.29, 1.82) is 0 Å². The van der Waals surface area contributed by atoms with Crippen molar-refractivity contribution in [1.82, 2.24) is 10.2 Å². The van der Waals surface area contributed by atoms with Crippen molar-refractivity contribution in [3.05, 3.63) is 23.7 Å². The summed E-state index contributed by atoms with van der Waals surface area (Å²) in [5, 5.41) is 3.14. The summed E-state index contributed by atoms with van der Waals surface area (Å²) < 4.78 is 5.61. The fraction of sp³-hybridized carbons (Fsp3) is 0.714. The molecule has 0 amide bonds. The van der Waals surface area contributed by atoms with Gasteiger partial charge >= 0.3 is 0 Å². The molecule has 1 aromatic rings. The molecule has 1 aliphatic rings. The normalized spacial score (nSPS) is 20.6. The van der Waals surface area contributed by atoms with Crippen molar-refractivity contribution < 1.29 is 4.42 Å². The molecule has 0 atom stereocenters. The number of nitrogens with zero attached hydrogens (tertiary/aromatic N) is 1. The van der Waals surface area contributed by atoms with Crippen LogP contribution in [-0.2, 0) is 13.1 Å². The molecule has 1 saturated heterocycles. The second kappa shape index (κ2) is 5.23. The first-order valence-corrected chi connectivity index (χ1v) is 6.52. The quantitative estimate of drug-likeness (QED) is 0.871.